The largest absolute Gasteiger partial charge is 0.484 e. The van der Waals surface area contributed by atoms with Gasteiger partial charge in [0.1, 0.15) is 5.75 Å². The van der Waals surface area contributed by atoms with E-state index < -0.39 is 10.8 Å². The number of amides is 2. The van der Waals surface area contributed by atoms with Gasteiger partial charge in [0.15, 0.2) is 6.61 Å². The summed E-state index contributed by atoms with van der Waals surface area (Å²) in [4.78, 5) is 34.1. The molecule has 2 aromatic rings. The van der Waals surface area contributed by atoms with E-state index in [1.54, 1.807) is 12.1 Å². The minimum absolute atomic E-state index is 0.0180. The number of benzene rings is 2. The summed E-state index contributed by atoms with van der Waals surface area (Å²) in [5.74, 6) is -0.00784. The smallest absolute Gasteiger partial charge is 0.270 e. The molecule has 3 rings (SSSR count). The van der Waals surface area contributed by atoms with Gasteiger partial charge in [0, 0.05) is 24.7 Å². The Morgan fingerprint density at radius 2 is 1.90 bits per heavy atom. The van der Waals surface area contributed by atoms with E-state index in [0.29, 0.717) is 24.8 Å². The molecule has 0 atom stereocenters. The number of ether oxygens (including phenoxy) is 1. The summed E-state index contributed by atoms with van der Waals surface area (Å²) < 4.78 is 5.44. The third-order valence-electron chi connectivity index (χ3n) is 4.34. The van der Waals surface area contributed by atoms with Crippen LogP contribution in [0.25, 0.3) is 0 Å². The molecular formula is C20H20ClN3O5. The number of hydrogen-bond donors (Lipinski definition) is 2. The quantitative estimate of drug-likeness (QED) is 0.481. The lowest BCUT2D eigenvalue weighted by Crippen LogP contribution is -2.30. The van der Waals surface area contributed by atoms with E-state index >= 15 is 0 Å². The van der Waals surface area contributed by atoms with Gasteiger partial charge in [-0.25, -0.2) is 0 Å². The molecule has 1 aliphatic carbocycles. The number of nitrogens with one attached hydrogen (secondary N) is 2. The monoisotopic (exact) mass is 417 g/mol. The zero-order chi connectivity index (χ0) is 20.8. The Labute approximate surface area is 172 Å². The molecule has 0 saturated heterocycles. The molecule has 1 aliphatic rings. The van der Waals surface area contributed by atoms with Gasteiger partial charge in [-0.05, 0) is 43.0 Å². The number of carbonyl (C=O) groups excluding carboxylic acids is 2. The highest BCUT2D eigenvalue weighted by molar-refractivity contribution is 6.33. The van der Waals surface area contributed by atoms with Gasteiger partial charge in [0.05, 0.1) is 15.5 Å². The fourth-order valence-electron chi connectivity index (χ4n) is 2.61. The van der Waals surface area contributed by atoms with Crippen LogP contribution in [0.3, 0.4) is 0 Å². The highest BCUT2D eigenvalue weighted by atomic mass is 35.5. The summed E-state index contributed by atoms with van der Waals surface area (Å²) in [5.41, 5.74) is 0.834. The highest BCUT2D eigenvalue weighted by Crippen LogP contribution is 2.22. The lowest BCUT2D eigenvalue weighted by molar-refractivity contribution is -0.384. The minimum Gasteiger partial charge on any atom is -0.484 e. The molecule has 0 bridgehead atoms. The average molecular weight is 418 g/mol. The van der Waals surface area contributed by atoms with Gasteiger partial charge < -0.3 is 15.4 Å². The number of non-ortho nitro benzene ring substituents is 1. The van der Waals surface area contributed by atoms with E-state index in [2.05, 4.69) is 10.6 Å². The Kier molecular flexibility index (Phi) is 6.66. The van der Waals surface area contributed by atoms with E-state index in [9.17, 15) is 19.7 Å². The van der Waals surface area contributed by atoms with Gasteiger partial charge in [-0.1, -0.05) is 23.7 Å². The number of nitro benzene ring substituents is 1. The van der Waals surface area contributed by atoms with Crippen LogP contribution in [0.2, 0.25) is 5.02 Å². The van der Waals surface area contributed by atoms with Crippen LogP contribution in [0.1, 0.15) is 28.8 Å². The normalized spacial score (nSPS) is 12.9. The zero-order valence-electron chi connectivity index (χ0n) is 15.5. The molecular weight excluding hydrogens is 398 g/mol. The summed E-state index contributed by atoms with van der Waals surface area (Å²) in [6, 6.07) is 11.3. The second-order valence-corrected chi connectivity index (χ2v) is 7.11. The van der Waals surface area contributed by atoms with Crippen molar-refractivity contribution >= 4 is 29.1 Å². The first-order chi connectivity index (χ1) is 13.9. The zero-order valence-corrected chi connectivity index (χ0v) is 16.3. The Morgan fingerprint density at radius 1 is 1.17 bits per heavy atom. The maximum atomic E-state index is 12.2. The molecule has 0 spiro atoms. The van der Waals surface area contributed by atoms with E-state index in [-0.39, 0.29) is 28.8 Å². The van der Waals surface area contributed by atoms with Crippen molar-refractivity contribution in [2.24, 2.45) is 0 Å². The van der Waals surface area contributed by atoms with Crippen molar-refractivity contribution in [1.29, 1.82) is 0 Å². The molecule has 0 heterocycles. The maximum Gasteiger partial charge on any atom is 0.270 e. The number of hydrogen-bond acceptors (Lipinski definition) is 5. The Bertz CT molecular complexity index is 913. The molecule has 2 aromatic carbocycles. The fourth-order valence-corrected chi connectivity index (χ4v) is 2.82. The van der Waals surface area contributed by atoms with Crippen molar-refractivity contribution in [3.8, 4) is 5.75 Å². The summed E-state index contributed by atoms with van der Waals surface area (Å²) in [6.45, 7) is 0.317. The van der Waals surface area contributed by atoms with Gasteiger partial charge in [-0.3, -0.25) is 19.7 Å². The number of rotatable bonds is 9. The van der Waals surface area contributed by atoms with Crippen LogP contribution in [0, 0.1) is 10.1 Å². The van der Waals surface area contributed by atoms with Crippen molar-refractivity contribution in [2.75, 3.05) is 13.2 Å². The van der Waals surface area contributed by atoms with Gasteiger partial charge in [0.25, 0.3) is 17.5 Å². The standard InChI is InChI=1S/C20H20ClN3O5/c21-18-8-5-15(24(27)28)11-17(18)20(26)22-10-9-13-1-6-16(7-2-13)29-12-19(25)23-14-3-4-14/h1-2,5-8,11,14H,3-4,9-10,12H2,(H,22,26)(H,23,25). The predicted octanol–water partition coefficient (Wildman–Crippen LogP) is 2.88. The van der Waals surface area contributed by atoms with Crippen molar-refractivity contribution in [1.82, 2.24) is 10.6 Å². The first-order valence-corrected chi connectivity index (χ1v) is 9.53. The Morgan fingerprint density at radius 3 is 2.55 bits per heavy atom. The molecule has 0 aromatic heterocycles. The molecule has 1 fully saturated rings. The molecule has 152 valence electrons. The molecule has 0 aliphatic heterocycles. The predicted molar refractivity (Wildman–Crippen MR) is 107 cm³/mol. The van der Waals surface area contributed by atoms with E-state index in [4.69, 9.17) is 16.3 Å². The summed E-state index contributed by atoms with van der Waals surface area (Å²) >= 11 is 5.97. The lowest BCUT2D eigenvalue weighted by atomic mass is 10.1. The third-order valence-corrected chi connectivity index (χ3v) is 4.67. The topological polar surface area (TPSA) is 111 Å². The average Bonchev–Trinajstić information content (AvgIpc) is 3.51. The number of carbonyl (C=O) groups is 2. The fraction of sp³-hybridized carbons (Fsp3) is 0.300. The molecule has 0 unspecified atom stereocenters. The van der Waals surface area contributed by atoms with Crippen LogP contribution in [-0.4, -0.2) is 35.9 Å². The molecule has 1 saturated carbocycles. The maximum absolute atomic E-state index is 12.2. The van der Waals surface area contributed by atoms with Gasteiger partial charge in [-0.2, -0.15) is 0 Å². The Hall–Kier alpha value is -3.13. The third kappa shape index (κ3) is 6.18. The van der Waals surface area contributed by atoms with Crippen molar-refractivity contribution in [3.05, 3.63) is 68.7 Å². The molecule has 9 heteroatoms. The molecule has 0 radical (unpaired) electrons. The van der Waals surface area contributed by atoms with Crippen molar-refractivity contribution in [3.63, 3.8) is 0 Å². The molecule has 8 nitrogen and oxygen atoms in total. The number of halogens is 1. The first kappa shape index (κ1) is 20.6. The lowest BCUT2D eigenvalue weighted by Gasteiger charge is -2.09. The van der Waals surface area contributed by atoms with E-state index in [0.717, 1.165) is 24.5 Å². The second kappa shape index (κ2) is 9.38. The Balaban J connectivity index is 1.45. The van der Waals surface area contributed by atoms with Gasteiger partial charge >= 0.3 is 0 Å². The highest BCUT2D eigenvalue weighted by Gasteiger charge is 2.23. The summed E-state index contributed by atoms with van der Waals surface area (Å²) in [6.07, 6.45) is 2.62. The van der Waals surface area contributed by atoms with Crippen LogP contribution >= 0.6 is 11.6 Å². The summed E-state index contributed by atoms with van der Waals surface area (Å²) in [5, 5.41) is 16.6. The van der Waals surface area contributed by atoms with Crippen LogP contribution in [0.4, 0.5) is 5.69 Å². The van der Waals surface area contributed by atoms with Crippen LogP contribution < -0.4 is 15.4 Å². The van der Waals surface area contributed by atoms with Gasteiger partial charge in [0.2, 0.25) is 0 Å². The van der Waals surface area contributed by atoms with E-state index in [1.807, 2.05) is 12.1 Å². The van der Waals surface area contributed by atoms with Crippen LogP contribution in [-0.2, 0) is 11.2 Å². The van der Waals surface area contributed by atoms with Crippen LogP contribution in [0.15, 0.2) is 42.5 Å². The minimum atomic E-state index is -0.577. The molecule has 29 heavy (non-hydrogen) atoms. The van der Waals surface area contributed by atoms with Crippen molar-refractivity contribution < 1.29 is 19.2 Å². The number of nitrogens with zero attached hydrogens (tertiary/aromatic N) is 1. The SMILES string of the molecule is O=C(COc1ccc(CCNC(=O)c2cc([N+](=O)[O-])ccc2Cl)cc1)NC1CC1. The van der Waals surface area contributed by atoms with Crippen molar-refractivity contribution in [2.45, 2.75) is 25.3 Å². The molecule has 2 N–H and O–H groups in total. The van der Waals surface area contributed by atoms with Gasteiger partial charge in [-0.15, -0.1) is 0 Å². The van der Waals surface area contributed by atoms with E-state index in [1.165, 1.54) is 12.1 Å². The number of nitro groups is 1. The summed E-state index contributed by atoms with van der Waals surface area (Å²) in [7, 11) is 0. The second-order valence-electron chi connectivity index (χ2n) is 6.70. The molecule has 2 amide bonds. The van der Waals surface area contributed by atoms with Crippen LogP contribution in [0.5, 0.6) is 5.75 Å². The first-order valence-electron chi connectivity index (χ1n) is 9.15.